The zero-order valence-corrected chi connectivity index (χ0v) is 15.7. The Kier molecular flexibility index (Phi) is 6.20. The van der Waals surface area contributed by atoms with Crippen LogP contribution < -0.4 is 10.6 Å². The lowest BCUT2D eigenvalue weighted by Crippen LogP contribution is -2.47. The highest BCUT2D eigenvalue weighted by molar-refractivity contribution is 5.99. The van der Waals surface area contributed by atoms with Crippen LogP contribution in [0.15, 0.2) is 36.5 Å². The van der Waals surface area contributed by atoms with E-state index in [0.29, 0.717) is 44.0 Å². The van der Waals surface area contributed by atoms with E-state index in [2.05, 4.69) is 27.4 Å². The van der Waals surface area contributed by atoms with E-state index in [1.807, 2.05) is 6.92 Å². The van der Waals surface area contributed by atoms with Crippen molar-refractivity contribution < 1.29 is 14.0 Å². The third-order valence-corrected chi connectivity index (χ3v) is 4.62. The van der Waals surface area contributed by atoms with Crippen LogP contribution in [0, 0.1) is 19.7 Å². The summed E-state index contributed by atoms with van der Waals surface area (Å²) in [6, 6.07) is 7.89. The van der Waals surface area contributed by atoms with Crippen LogP contribution in [-0.2, 0) is 11.3 Å². The summed E-state index contributed by atoms with van der Waals surface area (Å²) in [6.07, 6.45) is 1.54. The first-order valence-electron chi connectivity index (χ1n) is 9.03. The molecule has 0 bridgehead atoms. The summed E-state index contributed by atoms with van der Waals surface area (Å²) in [7, 11) is 0. The molecule has 1 aromatic heterocycles. The van der Waals surface area contributed by atoms with Gasteiger partial charge in [-0.1, -0.05) is 12.1 Å². The molecule has 8 heteroatoms. The maximum Gasteiger partial charge on any atom is 0.323 e. The molecule has 1 fully saturated rings. The maximum atomic E-state index is 14.8. The summed E-state index contributed by atoms with van der Waals surface area (Å²) in [5.74, 6) is -0.651. The molecule has 0 unspecified atom stereocenters. The van der Waals surface area contributed by atoms with Gasteiger partial charge in [-0.05, 0) is 25.1 Å². The fourth-order valence-electron chi connectivity index (χ4n) is 3.02. The van der Waals surface area contributed by atoms with Crippen molar-refractivity contribution in [3.63, 3.8) is 0 Å². The number of aryl methyl sites for hydroxylation is 1. The van der Waals surface area contributed by atoms with E-state index >= 15 is 0 Å². The molecule has 7 nitrogen and oxygen atoms in total. The SMILES string of the molecule is [CH2]C(=O)N1CCN(Cc2cccc(NC(=O)Nc3ccc(C)nc3)c2F)CC1. The van der Waals surface area contributed by atoms with Gasteiger partial charge < -0.3 is 15.5 Å². The van der Waals surface area contributed by atoms with Crippen molar-refractivity contribution in [2.75, 3.05) is 36.8 Å². The predicted molar refractivity (Wildman–Crippen MR) is 105 cm³/mol. The van der Waals surface area contributed by atoms with Crippen molar-refractivity contribution in [2.24, 2.45) is 0 Å². The number of halogens is 1. The van der Waals surface area contributed by atoms with Gasteiger partial charge in [0.05, 0.1) is 17.6 Å². The second kappa shape index (κ2) is 8.79. The molecule has 1 saturated heterocycles. The highest BCUT2D eigenvalue weighted by Gasteiger charge is 2.20. The summed E-state index contributed by atoms with van der Waals surface area (Å²) in [6.45, 7) is 8.13. The predicted octanol–water partition coefficient (Wildman–Crippen LogP) is 2.65. The second-order valence-corrected chi connectivity index (χ2v) is 6.70. The van der Waals surface area contributed by atoms with Gasteiger partial charge in [0.25, 0.3) is 0 Å². The lowest BCUT2D eigenvalue weighted by atomic mass is 10.1. The van der Waals surface area contributed by atoms with Crippen LogP contribution in [-0.4, -0.2) is 52.9 Å². The molecule has 3 amide bonds. The van der Waals surface area contributed by atoms with Gasteiger partial charge in [0.1, 0.15) is 0 Å². The lowest BCUT2D eigenvalue weighted by molar-refractivity contribution is -0.128. The number of hydrogen-bond donors (Lipinski definition) is 2. The first-order valence-corrected chi connectivity index (χ1v) is 9.03. The van der Waals surface area contributed by atoms with Crippen molar-refractivity contribution in [3.05, 3.63) is 60.5 Å². The molecule has 1 aromatic carbocycles. The Bertz CT molecular complexity index is 848. The molecule has 2 heterocycles. The molecule has 2 aromatic rings. The van der Waals surface area contributed by atoms with Crippen molar-refractivity contribution in [2.45, 2.75) is 13.5 Å². The molecular formula is C20H23FN5O2. The quantitative estimate of drug-likeness (QED) is 0.850. The van der Waals surface area contributed by atoms with Crippen LogP contribution in [0.2, 0.25) is 0 Å². The van der Waals surface area contributed by atoms with Gasteiger partial charge in [0, 0.05) is 50.9 Å². The zero-order chi connectivity index (χ0) is 20.1. The van der Waals surface area contributed by atoms with Gasteiger partial charge in [-0.2, -0.15) is 0 Å². The van der Waals surface area contributed by atoms with Crippen LogP contribution >= 0.6 is 0 Å². The molecule has 1 radical (unpaired) electrons. The number of urea groups is 1. The molecule has 0 spiro atoms. The third kappa shape index (κ3) is 5.04. The number of aromatic nitrogens is 1. The number of amides is 3. The molecule has 28 heavy (non-hydrogen) atoms. The van der Waals surface area contributed by atoms with Crippen LogP contribution in [0.4, 0.5) is 20.6 Å². The summed E-state index contributed by atoms with van der Waals surface area (Å²) in [4.78, 5) is 31.3. The van der Waals surface area contributed by atoms with E-state index in [9.17, 15) is 14.0 Å². The van der Waals surface area contributed by atoms with Crippen molar-refractivity contribution in [1.82, 2.24) is 14.8 Å². The monoisotopic (exact) mass is 384 g/mol. The Morgan fingerprint density at radius 2 is 1.89 bits per heavy atom. The average molecular weight is 384 g/mol. The summed E-state index contributed by atoms with van der Waals surface area (Å²) in [5.41, 5.74) is 1.97. The largest absolute Gasteiger partial charge is 0.340 e. The molecular weight excluding hydrogens is 361 g/mol. The number of carbonyl (C=O) groups excluding carboxylic acids is 2. The number of benzene rings is 1. The Labute approximate surface area is 163 Å². The fraction of sp³-hybridized carbons (Fsp3) is 0.300. The molecule has 1 aliphatic rings. The minimum atomic E-state index is -0.538. The highest BCUT2D eigenvalue weighted by atomic mass is 19.1. The first-order chi connectivity index (χ1) is 13.4. The van der Waals surface area contributed by atoms with Crippen molar-refractivity contribution in [1.29, 1.82) is 0 Å². The van der Waals surface area contributed by atoms with Crippen LogP contribution in [0.1, 0.15) is 11.3 Å². The summed E-state index contributed by atoms with van der Waals surface area (Å²) in [5, 5.41) is 5.17. The number of pyridine rings is 1. The number of nitrogens with zero attached hydrogens (tertiary/aromatic N) is 3. The fourth-order valence-corrected chi connectivity index (χ4v) is 3.02. The van der Waals surface area contributed by atoms with Crippen LogP contribution in [0.5, 0.6) is 0 Å². The molecule has 147 valence electrons. The Morgan fingerprint density at radius 1 is 1.14 bits per heavy atom. The van der Waals surface area contributed by atoms with E-state index in [0.717, 1.165) is 5.69 Å². The number of carbonyl (C=O) groups is 2. The number of anilines is 2. The van der Waals surface area contributed by atoms with E-state index in [4.69, 9.17) is 0 Å². The van der Waals surface area contributed by atoms with E-state index in [1.54, 1.807) is 29.2 Å². The maximum absolute atomic E-state index is 14.8. The smallest absolute Gasteiger partial charge is 0.323 e. The standard InChI is InChI=1S/C20H23FN5O2/c1-14-6-7-17(12-22-14)23-20(28)24-18-5-3-4-16(19(18)21)13-25-8-10-26(11-9-25)15(2)27/h3-7,12H,2,8-11,13H2,1H3,(H2,23,24,28). The molecule has 0 saturated carbocycles. The van der Waals surface area contributed by atoms with E-state index in [-0.39, 0.29) is 11.6 Å². The van der Waals surface area contributed by atoms with Crippen LogP contribution in [0.3, 0.4) is 0 Å². The lowest BCUT2D eigenvalue weighted by Gasteiger charge is -2.34. The Morgan fingerprint density at radius 3 is 2.54 bits per heavy atom. The summed E-state index contributed by atoms with van der Waals surface area (Å²) < 4.78 is 14.8. The van der Waals surface area contributed by atoms with Gasteiger partial charge >= 0.3 is 6.03 Å². The molecule has 2 N–H and O–H groups in total. The van der Waals surface area contributed by atoms with Gasteiger partial charge in [0.2, 0.25) is 5.91 Å². The minimum Gasteiger partial charge on any atom is -0.340 e. The average Bonchev–Trinajstić information content (AvgIpc) is 2.67. The topological polar surface area (TPSA) is 77.6 Å². The molecule has 1 aliphatic heterocycles. The van der Waals surface area contributed by atoms with Gasteiger partial charge in [-0.15, -0.1) is 0 Å². The number of hydrogen-bond acceptors (Lipinski definition) is 4. The number of piperazine rings is 1. The summed E-state index contributed by atoms with van der Waals surface area (Å²) >= 11 is 0. The molecule has 0 aliphatic carbocycles. The van der Waals surface area contributed by atoms with Gasteiger partial charge in [-0.3, -0.25) is 14.7 Å². The number of rotatable bonds is 4. The normalized spacial score (nSPS) is 14.6. The number of nitrogens with one attached hydrogen (secondary N) is 2. The zero-order valence-electron chi connectivity index (χ0n) is 15.7. The Hall–Kier alpha value is -3.00. The Balaban J connectivity index is 1.60. The second-order valence-electron chi connectivity index (χ2n) is 6.70. The van der Waals surface area contributed by atoms with E-state index < -0.39 is 11.8 Å². The minimum absolute atomic E-state index is 0.113. The first kappa shape index (κ1) is 19.8. The van der Waals surface area contributed by atoms with Crippen molar-refractivity contribution >= 4 is 23.3 Å². The van der Waals surface area contributed by atoms with Gasteiger partial charge in [-0.25, -0.2) is 9.18 Å². The highest BCUT2D eigenvalue weighted by Crippen LogP contribution is 2.20. The van der Waals surface area contributed by atoms with E-state index in [1.165, 1.54) is 12.3 Å². The van der Waals surface area contributed by atoms with Crippen molar-refractivity contribution in [3.8, 4) is 0 Å². The third-order valence-electron chi connectivity index (χ3n) is 4.62. The molecule has 3 rings (SSSR count). The van der Waals surface area contributed by atoms with Crippen LogP contribution in [0.25, 0.3) is 0 Å². The van der Waals surface area contributed by atoms with Gasteiger partial charge in [0.15, 0.2) is 5.82 Å². The molecule has 0 atom stereocenters.